The average molecular weight is 467 g/mol. The maximum Gasteiger partial charge on any atom is 0.407 e. The highest BCUT2D eigenvalue weighted by Crippen LogP contribution is 2.35. The van der Waals surface area contributed by atoms with Crippen LogP contribution in [-0.2, 0) is 17.9 Å². The molecule has 0 unspecified atom stereocenters. The molecule has 0 aliphatic carbocycles. The number of methoxy groups -OCH3 is 2. The Hall–Kier alpha value is -3.85. The standard InChI is InChI=1S/C25H30N4O5/c1-25(2,3)34-24(31)27-14-18-12-19(13-21(32-4)22(18)33-5)28-23-26-10-9-20(29-23)17-8-6-7-16(11-17)15-30/h6-13,30H,14-15H2,1-5H3,(H,27,31)(H,26,28,29). The molecule has 0 radical (unpaired) electrons. The van der Waals surface area contributed by atoms with Gasteiger partial charge in [-0.3, -0.25) is 0 Å². The van der Waals surface area contributed by atoms with Crippen LogP contribution >= 0.6 is 0 Å². The summed E-state index contributed by atoms with van der Waals surface area (Å²) in [7, 11) is 3.08. The number of carbonyl (C=O) groups is 1. The largest absolute Gasteiger partial charge is 0.493 e. The van der Waals surface area contributed by atoms with Crippen LogP contribution in [-0.4, -0.2) is 41.0 Å². The van der Waals surface area contributed by atoms with Gasteiger partial charge in [-0.1, -0.05) is 18.2 Å². The summed E-state index contributed by atoms with van der Waals surface area (Å²) in [4.78, 5) is 21.0. The van der Waals surface area contributed by atoms with E-state index in [0.29, 0.717) is 34.4 Å². The van der Waals surface area contributed by atoms with Gasteiger partial charge >= 0.3 is 6.09 Å². The Morgan fingerprint density at radius 1 is 1.09 bits per heavy atom. The van der Waals surface area contributed by atoms with E-state index in [1.54, 1.807) is 39.1 Å². The van der Waals surface area contributed by atoms with Gasteiger partial charge in [0.25, 0.3) is 0 Å². The van der Waals surface area contributed by atoms with Gasteiger partial charge in [0.05, 0.1) is 26.5 Å². The lowest BCUT2D eigenvalue weighted by Crippen LogP contribution is -2.32. The van der Waals surface area contributed by atoms with Crippen molar-refractivity contribution in [2.45, 2.75) is 39.5 Å². The van der Waals surface area contributed by atoms with Crippen LogP contribution in [0.1, 0.15) is 31.9 Å². The highest BCUT2D eigenvalue weighted by Gasteiger charge is 2.18. The monoisotopic (exact) mass is 466 g/mol. The van der Waals surface area contributed by atoms with Crippen LogP contribution in [0.15, 0.2) is 48.7 Å². The Kier molecular flexibility index (Phi) is 7.91. The predicted molar refractivity (Wildman–Crippen MR) is 129 cm³/mol. The molecule has 0 saturated heterocycles. The van der Waals surface area contributed by atoms with Crippen molar-refractivity contribution in [2.24, 2.45) is 0 Å². The topological polar surface area (TPSA) is 115 Å². The number of hydrogen-bond donors (Lipinski definition) is 3. The van der Waals surface area contributed by atoms with Crippen LogP contribution in [0.5, 0.6) is 11.5 Å². The fraction of sp³-hybridized carbons (Fsp3) is 0.320. The van der Waals surface area contributed by atoms with Gasteiger partial charge in [0.2, 0.25) is 5.95 Å². The molecule has 3 N–H and O–H groups in total. The minimum Gasteiger partial charge on any atom is -0.493 e. The van der Waals surface area contributed by atoms with Crippen molar-refractivity contribution in [3.63, 3.8) is 0 Å². The van der Waals surface area contributed by atoms with Gasteiger partial charge in [0, 0.05) is 35.6 Å². The molecule has 3 aromatic rings. The van der Waals surface area contributed by atoms with Gasteiger partial charge in [-0.05, 0) is 44.5 Å². The van der Waals surface area contributed by atoms with Gasteiger partial charge < -0.3 is 30.0 Å². The predicted octanol–water partition coefficient (Wildman–Crippen LogP) is 4.42. The zero-order chi connectivity index (χ0) is 24.7. The fourth-order valence-corrected chi connectivity index (χ4v) is 3.27. The van der Waals surface area contributed by atoms with Gasteiger partial charge in [0.15, 0.2) is 11.5 Å². The summed E-state index contributed by atoms with van der Waals surface area (Å²) < 4.78 is 16.3. The number of amides is 1. The third-order valence-corrected chi connectivity index (χ3v) is 4.69. The van der Waals surface area contributed by atoms with Crippen LogP contribution in [0.3, 0.4) is 0 Å². The lowest BCUT2D eigenvalue weighted by atomic mass is 10.1. The minimum absolute atomic E-state index is 0.0459. The van der Waals surface area contributed by atoms with Gasteiger partial charge in [-0.25, -0.2) is 14.8 Å². The maximum atomic E-state index is 12.1. The molecule has 9 heteroatoms. The molecule has 34 heavy (non-hydrogen) atoms. The average Bonchev–Trinajstić information content (AvgIpc) is 2.81. The second-order valence-electron chi connectivity index (χ2n) is 8.48. The summed E-state index contributed by atoms with van der Waals surface area (Å²) in [5, 5.41) is 15.3. The van der Waals surface area contributed by atoms with E-state index < -0.39 is 11.7 Å². The first-order chi connectivity index (χ1) is 16.2. The summed E-state index contributed by atoms with van der Waals surface area (Å²) >= 11 is 0. The summed E-state index contributed by atoms with van der Waals surface area (Å²) in [5.41, 5.74) is 3.11. The second kappa shape index (κ2) is 10.8. The number of carbonyl (C=O) groups excluding carboxylic acids is 1. The van der Waals surface area contributed by atoms with Crippen molar-refractivity contribution in [1.82, 2.24) is 15.3 Å². The first-order valence-corrected chi connectivity index (χ1v) is 10.7. The van der Waals surface area contributed by atoms with Crippen LogP contribution in [0.2, 0.25) is 0 Å². The van der Waals surface area contributed by atoms with Crippen molar-refractivity contribution < 1.29 is 24.1 Å². The SMILES string of the molecule is COc1cc(Nc2nccc(-c3cccc(CO)c3)n2)cc(CNC(=O)OC(C)(C)C)c1OC. The summed E-state index contributed by atoms with van der Waals surface area (Å²) in [5.74, 6) is 1.37. The van der Waals surface area contributed by atoms with Crippen molar-refractivity contribution in [3.8, 4) is 22.8 Å². The Balaban J connectivity index is 1.85. The maximum absolute atomic E-state index is 12.1. The molecule has 1 heterocycles. The second-order valence-corrected chi connectivity index (χ2v) is 8.48. The van der Waals surface area contributed by atoms with Crippen molar-refractivity contribution in [1.29, 1.82) is 0 Å². The normalized spacial score (nSPS) is 11.0. The Bertz CT molecular complexity index is 1140. The van der Waals surface area contributed by atoms with E-state index in [1.807, 2.05) is 30.3 Å². The number of hydrogen-bond acceptors (Lipinski definition) is 8. The molecule has 180 valence electrons. The molecule has 2 aromatic carbocycles. The molecule has 0 spiro atoms. The number of aliphatic hydroxyl groups excluding tert-OH is 1. The number of aromatic nitrogens is 2. The zero-order valence-electron chi connectivity index (χ0n) is 20.0. The molecular formula is C25H30N4O5. The lowest BCUT2D eigenvalue weighted by Gasteiger charge is -2.20. The molecule has 0 fully saturated rings. The number of alkyl carbamates (subject to hydrolysis) is 1. The van der Waals surface area contributed by atoms with Gasteiger partial charge in [-0.15, -0.1) is 0 Å². The number of benzene rings is 2. The molecule has 0 aliphatic rings. The lowest BCUT2D eigenvalue weighted by molar-refractivity contribution is 0.0523. The molecular weight excluding hydrogens is 436 g/mol. The van der Waals surface area contributed by atoms with E-state index in [2.05, 4.69) is 20.6 Å². The zero-order valence-corrected chi connectivity index (χ0v) is 20.0. The van der Waals surface area contributed by atoms with E-state index in [-0.39, 0.29) is 13.2 Å². The van der Waals surface area contributed by atoms with Crippen molar-refractivity contribution in [3.05, 3.63) is 59.8 Å². The summed E-state index contributed by atoms with van der Waals surface area (Å²) in [6.45, 7) is 5.52. The number of nitrogens with zero attached hydrogens (tertiary/aromatic N) is 2. The molecule has 0 atom stereocenters. The minimum atomic E-state index is -0.603. The Morgan fingerprint density at radius 2 is 1.88 bits per heavy atom. The van der Waals surface area contributed by atoms with E-state index in [1.165, 1.54) is 14.2 Å². The van der Waals surface area contributed by atoms with E-state index in [4.69, 9.17) is 14.2 Å². The summed E-state index contributed by atoms with van der Waals surface area (Å²) in [6, 6.07) is 12.9. The van der Waals surface area contributed by atoms with Crippen molar-refractivity contribution in [2.75, 3.05) is 19.5 Å². The smallest absolute Gasteiger partial charge is 0.407 e. The number of nitrogens with one attached hydrogen (secondary N) is 2. The van der Waals surface area contributed by atoms with Crippen LogP contribution in [0, 0.1) is 0 Å². The van der Waals surface area contributed by atoms with Crippen LogP contribution in [0.4, 0.5) is 16.4 Å². The highest BCUT2D eigenvalue weighted by molar-refractivity contribution is 5.69. The Labute approximate surface area is 199 Å². The number of ether oxygens (including phenoxy) is 3. The molecule has 3 rings (SSSR count). The number of aliphatic hydroxyl groups is 1. The first-order valence-electron chi connectivity index (χ1n) is 10.7. The molecule has 1 aromatic heterocycles. The van der Waals surface area contributed by atoms with Crippen molar-refractivity contribution >= 4 is 17.7 Å². The van der Waals surface area contributed by atoms with Crippen LogP contribution in [0.25, 0.3) is 11.3 Å². The quantitative estimate of drug-likeness (QED) is 0.447. The summed E-state index contributed by atoms with van der Waals surface area (Å²) in [6.07, 6.45) is 1.12. The van der Waals surface area contributed by atoms with Gasteiger partial charge in [0.1, 0.15) is 5.60 Å². The molecule has 1 amide bonds. The third-order valence-electron chi connectivity index (χ3n) is 4.69. The fourth-order valence-electron chi connectivity index (χ4n) is 3.27. The highest BCUT2D eigenvalue weighted by atomic mass is 16.6. The Morgan fingerprint density at radius 3 is 2.56 bits per heavy atom. The van der Waals surface area contributed by atoms with Gasteiger partial charge in [-0.2, -0.15) is 0 Å². The van der Waals surface area contributed by atoms with E-state index in [0.717, 1.165) is 11.1 Å². The van der Waals surface area contributed by atoms with E-state index in [9.17, 15) is 9.90 Å². The molecule has 0 aliphatic heterocycles. The van der Waals surface area contributed by atoms with Crippen LogP contribution < -0.4 is 20.1 Å². The number of rotatable bonds is 8. The first kappa shape index (κ1) is 24.8. The molecule has 0 bridgehead atoms. The third kappa shape index (κ3) is 6.58. The van der Waals surface area contributed by atoms with E-state index >= 15 is 0 Å². The number of anilines is 2. The molecule has 0 saturated carbocycles. The molecule has 9 nitrogen and oxygen atoms in total.